The fourth-order valence-corrected chi connectivity index (χ4v) is 6.00. The van der Waals surface area contributed by atoms with Crippen LogP contribution >= 0.6 is 0 Å². The van der Waals surface area contributed by atoms with Gasteiger partial charge in [0.2, 0.25) is 5.75 Å². The van der Waals surface area contributed by atoms with E-state index in [0.717, 1.165) is 18.4 Å². The van der Waals surface area contributed by atoms with Crippen molar-refractivity contribution in [3.8, 4) is 17.2 Å². The first-order valence-corrected chi connectivity index (χ1v) is 13.6. The standard InChI is InChI=1S/C29H42N2O5/c1-19(22-12-8-6-9-13-22)30-29-31(20(2)23-14-10-7-11-15-23)28(32)26(36-29)18-21-16-24(33-3)27(35-5)25(17-21)34-4/h16-20,22-23H,6-15H2,1-5H3/b26-18+,30-29+. The van der Waals surface area contributed by atoms with Crippen LogP contribution in [-0.2, 0) is 9.53 Å². The van der Waals surface area contributed by atoms with Crippen molar-refractivity contribution in [2.24, 2.45) is 16.8 Å². The molecule has 0 N–H and O–H groups in total. The largest absolute Gasteiger partial charge is 0.493 e. The number of benzene rings is 1. The van der Waals surface area contributed by atoms with Gasteiger partial charge in [-0.15, -0.1) is 0 Å². The lowest BCUT2D eigenvalue weighted by atomic mass is 9.84. The number of methoxy groups -OCH3 is 3. The fourth-order valence-electron chi connectivity index (χ4n) is 6.00. The van der Waals surface area contributed by atoms with Gasteiger partial charge in [0.25, 0.3) is 5.91 Å². The molecule has 7 nitrogen and oxygen atoms in total. The van der Waals surface area contributed by atoms with E-state index in [1.165, 1.54) is 51.4 Å². The van der Waals surface area contributed by atoms with E-state index in [1.54, 1.807) is 27.4 Å². The molecule has 36 heavy (non-hydrogen) atoms. The monoisotopic (exact) mass is 498 g/mol. The summed E-state index contributed by atoms with van der Waals surface area (Å²) in [5, 5.41) is 0. The van der Waals surface area contributed by atoms with E-state index in [0.29, 0.717) is 35.1 Å². The Morgan fingerprint density at radius 2 is 1.44 bits per heavy atom. The lowest BCUT2D eigenvalue weighted by Crippen LogP contribution is -2.43. The van der Waals surface area contributed by atoms with Gasteiger partial charge in [-0.25, -0.2) is 4.99 Å². The summed E-state index contributed by atoms with van der Waals surface area (Å²) in [5.74, 6) is 2.72. The topological polar surface area (TPSA) is 69.6 Å². The van der Waals surface area contributed by atoms with Gasteiger partial charge in [-0.05, 0) is 75.1 Å². The number of amidine groups is 1. The highest BCUT2D eigenvalue weighted by Crippen LogP contribution is 2.40. The van der Waals surface area contributed by atoms with Crippen LogP contribution in [0.3, 0.4) is 0 Å². The molecule has 2 saturated carbocycles. The van der Waals surface area contributed by atoms with Gasteiger partial charge in [0.15, 0.2) is 17.3 Å². The quantitative estimate of drug-likeness (QED) is 0.399. The Morgan fingerprint density at radius 3 is 1.97 bits per heavy atom. The summed E-state index contributed by atoms with van der Waals surface area (Å²) in [6, 6.07) is 4.25. The molecule has 1 aromatic carbocycles. The molecule has 2 unspecified atom stereocenters. The average molecular weight is 499 g/mol. The van der Waals surface area contributed by atoms with Crippen LogP contribution in [0.1, 0.15) is 83.6 Å². The number of rotatable bonds is 8. The number of amides is 1. The Hall–Kier alpha value is -2.70. The Bertz CT molecular complexity index is 951. The van der Waals surface area contributed by atoms with Crippen molar-refractivity contribution >= 4 is 18.0 Å². The molecule has 3 fully saturated rings. The van der Waals surface area contributed by atoms with Crippen LogP contribution in [0.15, 0.2) is 22.9 Å². The zero-order valence-electron chi connectivity index (χ0n) is 22.5. The molecule has 1 aromatic rings. The molecule has 7 heteroatoms. The molecule has 2 aliphatic carbocycles. The van der Waals surface area contributed by atoms with Gasteiger partial charge in [-0.2, -0.15) is 0 Å². The third-order valence-corrected chi connectivity index (χ3v) is 8.21. The van der Waals surface area contributed by atoms with Gasteiger partial charge >= 0.3 is 6.02 Å². The summed E-state index contributed by atoms with van der Waals surface area (Å²) in [5.41, 5.74) is 0.736. The molecule has 198 valence electrons. The molecule has 1 amide bonds. The van der Waals surface area contributed by atoms with Gasteiger partial charge in [-0.1, -0.05) is 38.5 Å². The molecule has 0 spiro atoms. The predicted octanol–water partition coefficient (Wildman–Crippen LogP) is 6.21. The number of ether oxygens (including phenoxy) is 4. The van der Waals surface area contributed by atoms with Crippen molar-refractivity contribution in [2.45, 2.75) is 90.1 Å². The zero-order chi connectivity index (χ0) is 25.7. The molecule has 1 aliphatic heterocycles. The van der Waals surface area contributed by atoms with Crippen molar-refractivity contribution in [3.63, 3.8) is 0 Å². The average Bonchev–Trinajstić information content (AvgIpc) is 3.22. The molecule has 4 rings (SSSR count). The maximum absolute atomic E-state index is 13.8. The van der Waals surface area contributed by atoms with E-state index in [1.807, 2.05) is 17.0 Å². The maximum Gasteiger partial charge on any atom is 0.300 e. The summed E-state index contributed by atoms with van der Waals surface area (Å²) >= 11 is 0. The van der Waals surface area contributed by atoms with Crippen molar-refractivity contribution < 1.29 is 23.7 Å². The van der Waals surface area contributed by atoms with Gasteiger partial charge in [0.05, 0.1) is 27.4 Å². The molecule has 1 heterocycles. The second kappa shape index (κ2) is 12.0. The number of hydrogen-bond acceptors (Lipinski definition) is 6. The van der Waals surface area contributed by atoms with E-state index >= 15 is 0 Å². The zero-order valence-corrected chi connectivity index (χ0v) is 22.5. The highest BCUT2D eigenvalue weighted by molar-refractivity contribution is 6.11. The molecule has 2 atom stereocenters. The second-order valence-corrected chi connectivity index (χ2v) is 10.4. The van der Waals surface area contributed by atoms with E-state index in [4.69, 9.17) is 23.9 Å². The minimum absolute atomic E-state index is 0.0425. The first kappa shape index (κ1) is 26.4. The Kier molecular flexibility index (Phi) is 8.81. The summed E-state index contributed by atoms with van der Waals surface area (Å²) in [6.45, 7) is 4.32. The van der Waals surface area contributed by atoms with Gasteiger partial charge in [0, 0.05) is 6.04 Å². The van der Waals surface area contributed by atoms with E-state index < -0.39 is 0 Å². The van der Waals surface area contributed by atoms with Crippen LogP contribution in [0, 0.1) is 11.8 Å². The van der Waals surface area contributed by atoms with E-state index in [-0.39, 0.29) is 23.8 Å². The van der Waals surface area contributed by atoms with Crippen molar-refractivity contribution in [3.05, 3.63) is 23.5 Å². The minimum atomic E-state index is -0.128. The van der Waals surface area contributed by atoms with Gasteiger partial charge < -0.3 is 18.9 Å². The Labute approximate surface area is 215 Å². The van der Waals surface area contributed by atoms with Crippen LogP contribution in [0.4, 0.5) is 0 Å². The van der Waals surface area contributed by atoms with Crippen molar-refractivity contribution in [1.82, 2.24) is 4.90 Å². The smallest absolute Gasteiger partial charge is 0.300 e. The van der Waals surface area contributed by atoms with Crippen LogP contribution in [0.2, 0.25) is 0 Å². The number of carbonyl (C=O) groups excluding carboxylic acids is 1. The third-order valence-electron chi connectivity index (χ3n) is 8.21. The normalized spacial score (nSPS) is 23.6. The Morgan fingerprint density at radius 1 is 0.889 bits per heavy atom. The SMILES string of the molecule is COc1cc(/C=C2/O/C(=N/C(C)C3CCCCC3)N(C(C)C3CCCCC3)C2=O)cc(OC)c1OC. The molecular formula is C29H42N2O5. The van der Waals surface area contributed by atoms with Crippen LogP contribution in [0.5, 0.6) is 17.2 Å². The van der Waals surface area contributed by atoms with Crippen molar-refractivity contribution in [1.29, 1.82) is 0 Å². The molecule has 0 bridgehead atoms. The van der Waals surface area contributed by atoms with Crippen molar-refractivity contribution in [2.75, 3.05) is 21.3 Å². The summed E-state index contributed by atoms with van der Waals surface area (Å²) in [4.78, 5) is 20.6. The van der Waals surface area contributed by atoms with Crippen LogP contribution in [0.25, 0.3) is 6.08 Å². The van der Waals surface area contributed by atoms with E-state index in [9.17, 15) is 4.79 Å². The van der Waals surface area contributed by atoms with Crippen LogP contribution in [-0.4, -0.2) is 50.2 Å². The molecule has 0 radical (unpaired) electrons. The summed E-state index contributed by atoms with van der Waals surface area (Å²) in [6.07, 6.45) is 14.0. The molecular weight excluding hydrogens is 456 g/mol. The summed E-state index contributed by atoms with van der Waals surface area (Å²) in [7, 11) is 4.73. The predicted molar refractivity (Wildman–Crippen MR) is 142 cm³/mol. The fraction of sp³-hybridized carbons (Fsp3) is 0.655. The lowest BCUT2D eigenvalue weighted by molar-refractivity contribution is -0.125. The van der Waals surface area contributed by atoms with Gasteiger partial charge in [-0.3, -0.25) is 9.69 Å². The third kappa shape index (κ3) is 5.65. The minimum Gasteiger partial charge on any atom is -0.493 e. The van der Waals surface area contributed by atoms with E-state index in [2.05, 4.69) is 13.8 Å². The summed E-state index contributed by atoms with van der Waals surface area (Å²) < 4.78 is 22.7. The highest BCUT2D eigenvalue weighted by atomic mass is 16.5. The highest BCUT2D eigenvalue weighted by Gasteiger charge is 2.41. The molecule has 0 aromatic heterocycles. The van der Waals surface area contributed by atoms with Crippen LogP contribution < -0.4 is 14.2 Å². The maximum atomic E-state index is 13.8. The first-order valence-electron chi connectivity index (χ1n) is 13.6. The number of hydrogen-bond donors (Lipinski definition) is 0. The number of nitrogens with zero attached hydrogens (tertiary/aromatic N) is 2. The molecule has 3 aliphatic rings. The van der Waals surface area contributed by atoms with Gasteiger partial charge in [0.1, 0.15) is 0 Å². The number of aliphatic imine (C=N–C) groups is 1. The molecule has 1 saturated heterocycles. The Balaban J connectivity index is 1.67. The lowest BCUT2D eigenvalue weighted by Gasteiger charge is -2.33. The second-order valence-electron chi connectivity index (χ2n) is 10.4. The number of carbonyl (C=O) groups is 1. The first-order chi connectivity index (χ1) is 17.5.